The highest BCUT2D eigenvalue weighted by atomic mass is 15.2. The molecule has 2 atom stereocenters. The maximum atomic E-state index is 3.62. The van der Waals surface area contributed by atoms with Crippen LogP contribution in [0.4, 0.5) is 0 Å². The molecule has 0 bridgehead atoms. The highest BCUT2D eigenvalue weighted by Gasteiger charge is 2.36. The molecule has 0 aliphatic heterocycles. The molecule has 0 saturated heterocycles. The lowest BCUT2D eigenvalue weighted by atomic mass is 10.1. The largest absolute Gasteiger partial charge is 0.314 e. The second kappa shape index (κ2) is 6.19. The van der Waals surface area contributed by atoms with Gasteiger partial charge in [0.25, 0.3) is 0 Å². The third kappa shape index (κ3) is 4.59. The lowest BCUT2D eigenvalue weighted by Crippen LogP contribution is -2.41. The topological polar surface area (TPSA) is 15.3 Å². The third-order valence-electron chi connectivity index (χ3n) is 4.19. The predicted molar refractivity (Wildman–Crippen MR) is 74.3 cm³/mol. The Bertz CT molecular complexity index is 221. The van der Waals surface area contributed by atoms with E-state index in [1.54, 1.807) is 0 Å². The van der Waals surface area contributed by atoms with Crippen LogP contribution in [-0.4, -0.2) is 36.1 Å². The molecular formula is C15H30N2. The zero-order valence-electron chi connectivity index (χ0n) is 11.9. The Morgan fingerprint density at radius 2 is 1.88 bits per heavy atom. The van der Waals surface area contributed by atoms with E-state index in [1.165, 1.54) is 51.6 Å². The highest BCUT2D eigenvalue weighted by Crippen LogP contribution is 2.36. The van der Waals surface area contributed by atoms with Crippen molar-refractivity contribution in [1.29, 1.82) is 0 Å². The number of hydrogen-bond donors (Lipinski definition) is 1. The van der Waals surface area contributed by atoms with Gasteiger partial charge in [-0.3, -0.25) is 4.90 Å². The molecule has 0 amide bonds. The van der Waals surface area contributed by atoms with Crippen molar-refractivity contribution >= 4 is 0 Å². The SMILES string of the molecule is CCCNC(C)CC(C)N(CC1CC1)C1CC1. The molecule has 2 nitrogen and oxygen atoms in total. The molecule has 17 heavy (non-hydrogen) atoms. The fraction of sp³-hybridized carbons (Fsp3) is 1.00. The normalized spacial score (nSPS) is 24.0. The molecule has 2 unspecified atom stereocenters. The van der Waals surface area contributed by atoms with E-state index in [9.17, 15) is 0 Å². The molecule has 0 heterocycles. The zero-order chi connectivity index (χ0) is 12.3. The minimum Gasteiger partial charge on any atom is -0.314 e. The van der Waals surface area contributed by atoms with Crippen molar-refractivity contribution in [2.45, 2.75) is 77.4 Å². The van der Waals surface area contributed by atoms with E-state index in [1.807, 2.05) is 0 Å². The maximum Gasteiger partial charge on any atom is 0.00993 e. The first kappa shape index (κ1) is 13.4. The first-order valence-corrected chi connectivity index (χ1v) is 7.69. The first-order valence-electron chi connectivity index (χ1n) is 7.69. The van der Waals surface area contributed by atoms with Gasteiger partial charge >= 0.3 is 0 Å². The minimum absolute atomic E-state index is 0.672. The van der Waals surface area contributed by atoms with E-state index in [-0.39, 0.29) is 0 Å². The van der Waals surface area contributed by atoms with Gasteiger partial charge in [-0.1, -0.05) is 6.92 Å². The Morgan fingerprint density at radius 3 is 2.41 bits per heavy atom. The van der Waals surface area contributed by atoms with E-state index in [2.05, 4.69) is 31.0 Å². The van der Waals surface area contributed by atoms with Gasteiger partial charge in [-0.25, -0.2) is 0 Å². The Morgan fingerprint density at radius 1 is 1.18 bits per heavy atom. The molecule has 2 heteroatoms. The summed E-state index contributed by atoms with van der Waals surface area (Å²) in [5.74, 6) is 1.04. The molecule has 0 aromatic rings. The van der Waals surface area contributed by atoms with Gasteiger partial charge < -0.3 is 5.32 Å². The summed E-state index contributed by atoms with van der Waals surface area (Å²) < 4.78 is 0. The van der Waals surface area contributed by atoms with Crippen LogP contribution in [0.3, 0.4) is 0 Å². The van der Waals surface area contributed by atoms with E-state index >= 15 is 0 Å². The summed E-state index contributed by atoms with van der Waals surface area (Å²) in [7, 11) is 0. The minimum atomic E-state index is 0.672. The third-order valence-corrected chi connectivity index (χ3v) is 4.19. The van der Waals surface area contributed by atoms with Crippen molar-refractivity contribution in [2.24, 2.45) is 5.92 Å². The summed E-state index contributed by atoms with van der Waals surface area (Å²) in [4.78, 5) is 2.81. The van der Waals surface area contributed by atoms with E-state index < -0.39 is 0 Å². The second-order valence-corrected chi connectivity index (χ2v) is 6.31. The van der Waals surface area contributed by atoms with Crippen LogP contribution in [0.1, 0.15) is 59.3 Å². The fourth-order valence-electron chi connectivity index (χ4n) is 2.81. The number of rotatable bonds is 9. The van der Waals surface area contributed by atoms with Gasteiger partial charge in [0.2, 0.25) is 0 Å². The van der Waals surface area contributed by atoms with Gasteiger partial charge in [0.05, 0.1) is 0 Å². The molecule has 1 N–H and O–H groups in total. The van der Waals surface area contributed by atoms with Crippen molar-refractivity contribution in [1.82, 2.24) is 10.2 Å². The number of nitrogens with zero attached hydrogens (tertiary/aromatic N) is 1. The number of hydrogen-bond acceptors (Lipinski definition) is 2. The van der Waals surface area contributed by atoms with Crippen LogP contribution in [0.25, 0.3) is 0 Å². The van der Waals surface area contributed by atoms with Crippen LogP contribution in [-0.2, 0) is 0 Å². The standard InChI is InChI=1S/C15H30N2/c1-4-9-16-12(2)10-13(3)17(15-7-8-15)11-14-5-6-14/h12-16H,4-11H2,1-3H3. The number of nitrogens with one attached hydrogen (secondary N) is 1. The van der Waals surface area contributed by atoms with Crippen LogP contribution in [0, 0.1) is 5.92 Å². The lowest BCUT2D eigenvalue weighted by Gasteiger charge is -2.31. The highest BCUT2D eigenvalue weighted by molar-refractivity contribution is 4.91. The fourth-order valence-corrected chi connectivity index (χ4v) is 2.81. The first-order chi connectivity index (χ1) is 8.20. The molecule has 2 aliphatic carbocycles. The molecule has 0 aromatic carbocycles. The van der Waals surface area contributed by atoms with Crippen molar-refractivity contribution in [3.05, 3.63) is 0 Å². The molecule has 2 aliphatic rings. The summed E-state index contributed by atoms with van der Waals surface area (Å²) >= 11 is 0. The summed E-state index contributed by atoms with van der Waals surface area (Å²) in [6.45, 7) is 9.57. The lowest BCUT2D eigenvalue weighted by molar-refractivity contribution is 0.171. The van der Waals surface area contributed by atoms with Crippen LogP contribution in [0.15, 0.2) is 0 Å². The van der Waals surface area contributed by atoms with Crippen LogP contribution < -0.4 is 5.32 Å². The summed E-state index contributed by atoms with van der Waals surface area (Å²) in [6.07, 6.45) is 8.43. The maximum absolute atomic E-state index is 3.62. The Hall–Kier alpha value is -0.0800. The van der Waals surface area contributed by atoms with Crippen LogP contribution >= 0.6 is 0 Å². The average Bonchev–Trinajstić information content (AvgIpc) is 3.15. The van der Waals surface area contributed by atoms with E-state index in [0.29, 0.717) is 6.04 Å². The molecule has 0 radical (unpaired) electrons. The smallest absolute Gasteiger partial charge is 0.00993 e. The van der Waals surface area contributed by atoms with Gasteiger partial charge in [-0.05, 0) is 64.8 Å². The molecule has 2 fully saturated rings. The monoisotopic (exact) mass is 238 g/mol. The van der Waals surface area contributed by atoms with Crippen LogP contribution in [0.5, 0.6) is 0 Å². The molecule has 100 valence electrons. The van der Waals surface area contributed by atoms with Gasteiger partial charge in [-0.2, -0.15) is 0 Å². The van der Waals surface area contributed by atoms with Crippen molar-refractivity contribution in [3.63, 3.8) is 0 Å². The Kier molecular flexibility index (Phi) is 4.87. The molecule has 0 spiro atoms. The second-order valence-electron chi connectivity index (χ2n) is 6.31. The van der Waals surface area contributed by atoms with Crippen LogP contribution in [0.2, 0.25) is 0 Å². The quantitative estimate of drug-likeness (QED) is 0.664. The van der Waals surface area contributed by atoms with Crippen molar-refractivity contribution in [3.8, 4) is 0 Å². The average molecular weight is 238 g/mol. The van der Waals surface area contributed by atoms with Gasteiger partial charge in [0.15, 0.2) is 0 Å². The Balaban J connectivity index is 1.72. The van der Waals surface area contributed by atoms with Gasteiger partial charge in [0, 0.05) is 24.7 Å². The molecule has 0 aromatic heterocycles. The molecule has 2 rings (SSSR count). The van der Waals surface area contributed by atoms with Gasteiger partial charge in [0.1, 0.15) is 0 Å². The van der Waals surface area contributed by atoms with E-state index in [4.69, 9.17) is 0 Å². The zero-order valence-corrected chi connectivity index (χ0v) is 11.9. The molecule has 2 saturated carbocycles. The summed E-state index contributed by atoms with van der Waals surface area (Å²) in [5, 5.41) is 3.62. The predicted octanol–water partition coefficient (Wildman–Crippen LogP) is 3.03. The molecular weight excluding hydrogens is 208 g/mol. The van der Waals surface area contributed by atoms with E-state index in [0.717, 1.165) is 18.0 Å². The van der Waals surface area contributed by atoms with Crippen molar-refractivity contribution in [2.75, 3.05) is 13.1 Å². The van der Waals surface area contributed by atoms with Crippen molar-refractivity contribution < 1.29 is 0 Å². The Labute approximate surface area is 107 Å². The summed E-state index contributed by atoms with van der Waals surface area (Å²) in [5.41, 5.74) is 0. The van der Waals surface area contributed by atoms with Gasteiger partial charge in [-0.15, -0.1) is 0 Å². The summed E-state index contributed by atoms with van der Waals surface area (Å²) in [6, 6.07) is 2.37.